The number of sulfonamides is 1. The fourth-order valence-electron chi connectivity index (χ4n) is 5.12. The lowest BCUT2D eigenvalue weighted by molar-refractivity contribution is -0.376. The van der Waals surface area contributed by atoms with Gasteiger partial charge in [-0.3, -0.25) is 13.5 Å². The molecule has 1 saturated heterocycles. The summed E-state index contributed by atoms with van der Waals surface area (Å²) in [4.78, 5) is 12.4. The lowest BCUT2D eigenvalue weighted by atomic mass is 9.87. The van der Waals surface area contributed by atoms with Crippen molar-refractivity contribution in [2.45, 2.75) is 54.2 Å². The van der Waals surface area contributed by atoms with Crippen LogP contribution in [-0.4, -0.2) is 63.6 Å². The highest BCUT2D eigenvalue weighted by molar-refractivity contribution is 7.92. The summed E-state index contributed by atoms with van der Waals surface area (Å²) in [5.74, 6) is -1.93. The molecule has 2 aromatic rings. The summed E-state index contributed by atoms with van der Waals surface area (Å²) >= 11 is 0. The van der Waals surface area contributed by atoms with Crippen molar-refractivity contribution in [1.29, 1.82) is 0 Å². The second-order valence-electron chi connectivity index (χ2n) is 9.95. The standard InChI is InChI=1S/C25H25F8N3O4S/c26-11-15-12-34-13-20(15)35-22(37)10-18-5-1-14-9-16(23(38,24(28,29)30)25(31,32)33)2-8-21(14)36(18)41(39,40)19-6-3-17(27)4-7-19/h2-4,6-9,15,18,20,34,38H,1,5,10-13H2,(H,35,37)/t15-,18+,20-/m1/s1. The van der Waals surface area contributed by atoms with Crippen LogP contribution in [-0.2, 0) is 26.8 Å². The van der Waals surface area contributed by atoms with Crippen LogP contribution in [0.25, 0.3) is 0 Å². The molecule has 0 bridgehead atoms. The molecular weight excluding hydrogens is 590 g/mol. The number of alkyl halides is 7. The smallest absolute Gasteiger partial charge is 0.369 e. The van der Waals surface area contributed by atoms with Gasteiger partial charge >= 0.3 is 12.4 Å². The summed E-state index contributed by atoms with van der Waals surface area (Å²) in [7, 11) is -4.63. The molecule has 0 saturated carbocycles. The van der Waals surface area contributed by atoms with E-state index in [1.165, 1.54) is 0 Å². The lowest BCUT2D eigenvalue weighted by Gasteiger charge is -2.39. The van der Waals surface area contributed by atoms with Crippen LogP contribution in [0.1, 0.15) is 24.0 Å². The molecule has 2 aliphatic rings. The number of hydrogen-bond acceptors (Lipinski definition) is 5. The van der Waals surface area contributed by atoms with Gasteiger partial charge in [-0.05, 0) is 48.7 Å². The van der Waals surface area contributed by atoms with Gasteiger partial charge in [0.05, 0.1) is 23.3 Å². The quantitative estimate of drug-likeness (QED) is 0.413. The fraction of sp³-hybridized carbons (Fsp3) is 0.480. The molecule has 4 rings (SSSR count). The number of rotatable bonds is 7. The Morgan fingerprint density at radius 3 is 2.24 bits per heavy atom. The molecule has 3 atom stereocenters. The zero-order valence-electron chi connectivity index (χ0n) is 21.1. The Morgan fingerprint density at radius 2 is 1.66 bits per heavy atom. The average Bonchev–Trinajstić information content (AvgIpc) is 3.33. The highest BCUT2D eigenvalue weighted by Crippen LogP contribution is 2.51. The van der Waals surface area contributed by atoms with E-state index in [1.54, 1.807) is 0 Å². The first-order chi connectivity index (χ1) is 19.0. The summed E-state index contributed by atoms with van der Waals surface area (Å²) in [5.41, 5.74) is -7.35. The zero-order valence-corrected chi connectivity index (χ0v) is 21.9. The third-order valence-corrected chi connectivity index (χ3v) is 9.19. The predicted molar refractivity (Wildman–Crippen MR) is 130 cm³/mol. The first-order valence-corrected chi connectivity index (χ1v) is 13.8. The molecule has 16 heteroatoms. The van der Waals surface area contributed by atoms with Gasteiger partial charge < -0.3 is 15.7 Å². The molecule has 0 radical (unpaired) electrons. The van der Waals surface area contributed by atoms with E-state index in [0.29, 0.717) is 29.0 Å². The van der Waals surface area contributed by atoms with E-state index in [-0.39, 0.29) is 30.6 Å². The summed E-state index contributed by atoms with van der Waals surface area (Å²) in [5, 5.41) is 15.4. The van der Waals surface area contributed by atoms with E-state index < -0.39 is 81.3 Å². The maximum absolute atomic E-state index is 13.7. The van der Waals surface area contributed by atoms with Crippen LogP contribution in [0.3, 0.4) is 0 Å². The number of carbonyl (C=O) groups excluding carboxylic acids is 1. The number of carbonyl (C=O) groups is 1. The molecule has 0 unspecified atom stereocenters. The zero-order chi connectivity index (χ0) is 30.4. The number of halogens is 8. The van der Waals surface area contributed by atoms with Crippen LogP contribution in [0.5, 0.6) is 0 Å². The van der Waals surface area contributed by atoms with Gasteiger partial charge in [-0.1, -0.05) is 12.1 Å². The molecule has 0 aromatic heterocycles. The van der Waals surface area contributed by atoms with Crippen LogP contribution < -0.4 is 14.9 Å². The van der Waals surface area contributed by atoms with E-state index in [0.717, 1.165) is 24.3 Å². The molecule has 0 spiro atoms. The van der Waals surface area contributed by atoms with Crippen molar-refractivity contribution in [3.8, 4) is 0 Å². The average molecular weight is 616 g/mol. The molecule has 0 aliphatic carbocycles. The van der Waals surface area contributed by atoms with E-state index in [9.17, 15) is 53.4 Å². The number of nitrogens with zero attached hydrogens (tertiary/aromatic N) is 1. The second-order valence-corrected chi connectivity index (χ2v) is 11.8. The van der Waals surface area contributed by atoms with Crippen LogP contribution in [0.15, 0.2) is 47.4 Å². The van der Waals surface area contributed by atoms with Crippen LogP contribution in [0, 0.1) is 11.7 Å². The Morgan fingerprint density at radius 1 is 1.02 bits per heavy atom. The van der Waals surface area contributed by atoms with Crippen molar-refractivity contribution >= 4 is 21.6 Å². The minimum atomic E-state index is -6.15. The van der Waals surface area contributed by atoms with Crippen molar-refractivity contribution in [3.63, 3.8) is 0 Å². The molecular formula is C25H25F8N3O4S. The molecule has 2 aliphatic heterocycles. The fourth-order valence-corrected chi connectivity index (χ4v) is 6.84. The number of hydrogen-bond donors (Lipinski definition) is 3. The highest BCUT2D eigenvalue weighted by atomic mass is 32.2. The molecule has 7 nitrogen and oxygen atoms in total. The Hall–Kier alpha value is -2.98. The number of nitrogens with one attached hydrogen (secondary N) is 2. The molecule has 226 valence electrons. The van der Waals surface area contributed by atoms with Gasteiger partial charge in [0, 0.05) is 37.0 Å². The summed E-state index contributed by atoms with van der Waals surface area (Å²) in [6, 6.07) is 3.29. The van der Waals surface area contributed by atoms with Crippen LogP contribution in [0.4, 0.5) is 40.8 Å². The molecule has 1 fully saturated rings. The minimum absolute atomic E-state index is 0.198. The van der Waals surface area contributed by atoms with E-state index >= 15 is 0 Å². The third-order valence-electron chi connectivity index (χ3n) is 7.31. The Labute approximate surface area is 229 Å². The number of aliphatic hydroxyl groups is 1. The summed E-state index contributed by atoms with van der Waals surface area (Å²) in [6.45, 7) is -0.131. The molecule has 1 amide bonds. The van der Waals surface area contributed by atoms with Crippen molar-refractivity contribution in [3.05, 3.63) is 59.4 Å². The first kappa shape index (κ1) is 31.0. The maximum Gasteiger partial charge on any atom is 0.430 e. The van der Waals surface area contributed by atoms with Gasteiger partial charge in [-0.15, -0.1) is 0 Å². The Bertz CT molecular complexity index is 1370. The van der Waals surface area contributed by atoms with Gasteiger partial charge in [0.2, 0.25) is 5.91 Å². The van der Waals surface area contributed by atoms with Crippen molar-refractivity contribution in [2.24, 2.45) is 5.92 Å². The van der Waals surface area contributed by atoms with Crippen molar-refractivity contribution in [2.75, 3.05) is 24.1 Å². The van der Waals surface area contributed by atoms with E-state index in [1.807, 2.05) is 0 Å². The van der Waals surface area contributed by atoms with E-state index in [2.05, 4.69) is 10.6 Å². The molecule has 3 N–H and O–H groups in total. The Balaban J connectivity index is 1.76. The van der Waals surface area contributed by atoms with Gasteiger partial charge in [0.1, 0.15) is 5.82 Å². The number of anilines is 1. The maximum atomic E-state index is 13.7. The number of amides is 1. The van der Waals surface area contributed by atoms with Crippen molar-refractivity contribution in [1.82, 2.24) is 10.6 Å². The monoisotopic (exact) mass is 615 g/mol. The predicted octanol–water partition coefficient (Wildman–Crippen LogP) is 3.71. The minimum Gasteiger partial charge on any atom is -0.369 e. The second kappa shape index (κ2) is 11.0. The van der Waals surface area contributed by atoms with Gasteiger partial charge in [-0.2, -0.15) is 26.3 Å². The molecule has 2 heterocycles. The Kier molecular flexibility index (Phi) is 8.32. The normalized spacial score (nSPS) is 22.0. The first-order valence-electron chi connectivity index (χ1n) is 12.4. The number of aryl methyl sites for hydroxylation is 1. The SMILES string of the molecule is O=C(C[C@@H]1CCc2cc(C(O)(C(F)(F)F)C(F)(F)F)ccc2N1S(=O)(=O)c1ccc(F)cc1)N[C@@H]1CNC[C@H]1CF. The van der Waals surface area contributed by atoms with Gasteiger partial charge in [0.15, 0.2) is 0 Å². The lowest BCUT2D eigenvalue weighted by Crippen LogP contribution is -2.54. The highest BCUT2D eigenvalue weighted by Gasteiger charge is 2.71. The largest absolute Gasteiger partial charge is 0.430 e. The topological polar surface area (TPSA) is 98.7 Å². The van der Waals surface area contributed by atoms with Crippen LogP contribution >= 0.6 is 0 Å². The van der Waals surface area contributed by atoms with Gasteiger partial charge in [0.25, 0.3) is 15.6 Å². The summed E-state index contributed by atoms with van der Waals surface area (Å²) < 4.78 is 136. The summed E-state index contributed by atoms with van der Waals surface area (Å²) in [6.07, 6.45) is -13.2. The third kappa shape index (κ3) is 5.73. The number of fused-ring (bicyclic) bond motifs is 1. The number of benzene rings is 2. The van der Waals surface area contributed by atoms with Gasteiger partial charge in [-0.25, -0.2) is 12.8 Å². The van der Waals surface area contributed by atoms with E-state index in [4.69, 9.17) is 0 Å². The van der Waals surface area contributed by atoms with Crippen molar-refractivity contribution < 1.29 is 53.4 Å². The molecule has 2 aromatic carbocycles. The molecule has 41 heavy (non-hydrogen) atoms. The van der Waals surface area contributed by atoms with Crippen LogP contribution in [0.2, 0.25) is 0 Å².